The highest BCUT2D eigenvalue weighted by Gasteiger charge is 2.11. The van der Waals surface area contributed by atoms with Crippen molar-refractivity contribution in [2.75, 3.05) is 11.9 Å². The standard InChI is InChI=1S/C10H11ClN2O4/c11-8-6-7(13(16)17)3-4-9(8)12-10(15)2-1-5-14/h3-4,6,14H,1-2,5H2,(H,12,15). The van der Waals surface area contributed by atoms with E-state index in [1.807, 2.05) is 0 Å². The number of nitro groups is 1. The number of halogens is 1. The van der Waals surface area contributed by atoms with Crippen molar-refractivity contribution in [2.24, 2.45) is 0 Å². The molecule has 0 atom stereocenters. The van der Waals surface area contributed by atoms with E-state index in [1.165, 1.54) is 18.2 Å². The summed E-state index contributed by atoms with van der Waals surface area (Å²) in [5, 5.41) is 21.6. The Hall–Kier alpha value is -1.66. The van der Waals surface area contributed by atoms with Crippen molar-refractivity contribution in [2.45, 2.75) is 12.8 Å². The molecule has 0 saturated heterocycles. The van der Waals surface area contributed by atoms with Gasteiger partial charge in [0.05, 0.1) is 15.6 Å². The molecule has 0 aliphatic carbocycles. The van der Waals surface area contributed by atoms with E-state index in [0.717, 1.165) is 0 Å². The van der Waals surface area contributed by atoms with Crippen LogP contribution >= 0.6 is 11.6 Å². The van der Waals surface area contributed by atoms with Crippen molar-refractivity contribution < 1.29 is 14.8 Å². The Bertz CT molecular complexity index is 436. The Morgan fingerprint density at radius 3 is 2.76 bits per heavy atom. The smallest absolute Gasteiger partial charge is 0.271 e. The molecule has 2 N–H and O–H groups in total. The second-order valence-electron chi connectivity index (χ2n) is 3.30. The monoisotopic (exact) mass is 258 g/mol. The van der Waals surface area contributed by atoms with Gasteiger partial charge in [-0.25, -0.2) is 0 Å². The van der Waals surface area contributed by atoms with Crippen LogP contribution < -0.4 is 5.32 Å². The summed E-state index contributed by atoms with van der Waals surface area (Å²) in [7, 11) is 0. The highest BCUT2D eigenvalue weighted by molar-refractivity contribution is 6.33. The average molecular weight is 259 g/mol. The zero-order chi connectivity index (χ0) is 12.8. The van der Waals surface area contributed by atoms with Crippen LogP contribution in [0.2, 0.25) is 5.02 Å². The van der Waals surface area contributed by atoms with Gasteiger partial charge >= 0.3 is 0 Å². The number of carbonyl (C=O) groups excluding carboxylic acids is 1. The number of aliphatic hydroxyl groups excluding tert-OH is 1. The highest BCUT2D eigenvalue weighted by atomic mass is 35.5. The van der Waals surface area contributed by atoms with Crippen LogP contribution in [0.25, 0.3) is 0 Å². The Kier molecular flexibility index (Phi) is 4.86. The summed E-state index contributed by atoms with van der Waals surface area (Å²) in [6.45, 7) is -0.0680. The van der Waals surface area contributed by atoms with Crippen LogP contribution in [0.4, 0.5) is 11.4 Å². The first-order chi connectivity index (χ1) is 8.04. The van der Waals surface area contributed by atoms with Gasteiger partial charge in [-0.3, -0.25) is 14.9 Å². The van der Waals surface area contributed by atoms with E-state index < -0.39 is 4.92 Å². The minimum Gasteiger partial charge on any atom is -0.396 e. The number of amides is 1. The Balaban J connectivity index is 2.72. The molecule has 17 heavy (non-hydrogen) atoms. The van der Waals surface area contributed by atoms with Crippen molar-refractivity contribution in [3.63, 3.8) is 0 Å². The number of non-ortho nitro benzene ring substituents is 1. The molecule has 0 heterocycles. The summed E-state index contributed by atoms with van der Waals surface area (Å²) >= 11 is 5.78. The van der Waals surface area contributed by atoms with Gasteiger partial charge < -0.3 is 10.4 Å². The maximum atomic E-state index is 11.3. The van der Waals surface area contributed by atoms with Gasteiger partial charge in [-0.05, 0) is 12.5 Å². The topological polar surface area (TPSA) is 92.5 Å². The fourth-order valence-electron chi connectivity index (χ4n) is 1.17. The maximum Gasteiger partial charge on any atom is 0.271 e. The molecule has 92 valence electrons. The number of nitro benzene ring substituents is 1. The Morgan fingerprint density at radius 1 is 1.53 bits per heavy atom. The number of nitrogens with zero attached hydrogens (tertiary/aromatic N) is 1. The van der Waals surface area contributed by atoms with Gasteiger partial charge in [0.25, 0.3) is 5.69 Å². The SMILES string of the molecule is O=C(CCCO)Nc1ccc([N+](=O)[O-])cc1Cl. The highest BCUT2D eigenvalue weighted by Crippen LogP contribution is 2.26. The largest absolute Gasteiger partial charge is 0.396 e. The Morgan fingerprint density at radius 2 is 2.24 bits per heavy atom. The normalized spacial score (nSPS) is 10.0. The summed E-state index contributed by atoms with van der Waals surface area (Å²) in [6, 6.07) is 3.80. The number of rotatable bonds is 5. The molecule has 0 unspecified atom stereocenters. The van der Waals surface area contributed by atoms with Crippen LogP contribution in [0.5, 0.6) is 0 Å². The van der Waals surface area contributed by atoms with E-state index >= 15 is 0 Å². The van der Waals surface area contributed by atoms with Crippen molar-refractivity contribution in [1.29, 1.82) is 0 Å². The lowest BCUT2D eigenvalue weighted by atomic mass is 10.2. The minimum atomic E-state index is -0.566. The number of aliphatic hydroxyl groups is 1. The molecule has 0 spiro atoms. The summed E-state index contributed by atoms with van der Waals surface area (Å²) in [5.74, 6) is -0.296. The quantitative estimate of drug-likeness (QED) is 0.624. The first kappa shape index (κ1) is 13.4. The van der Waals surface area contributed by atoms with Gasteiger partial charge in [0.1, 0.15) is 0 Å². The lowest BCUT2D eigenvalue weighted by molar-refractivity contribution is -0.384. The molecule has 0 fully saturated rings. The second kappa shape index (κ2) is 6.17. The van der Waals surface area contributed by atoms with E-state index in [9.17, 15) is 14.9 Å². The summed E-state index contributed by atoms with van der Waals surface area (Å²) < 4.78 is 0. The predicted octanol–water partition coefficient (Wildman–Crippen LogP) is 1.96. The van der Waals surface area contributed by atoms with Gasteiger partial charge in [-0.2, -0.15) is 0 Å². The van der Waals surface area contributed by atoms with Crippen LogP contribution in [0, 0.1) is 10.1 Å². The van der Waals surface area contributed by atoms with Crippen molar-refractivity contribution in [3.8, 4) is 0 Å². The third-order valence-corrected chi connectivity index (χ3v) is 2.31. The number of benzene rings is 1. The van der Waals surface area contributed by atoms with E-state index in [2.05, 4.69) is 5.32 Å². The van der Waals surface area contributed by atoms with Gasteiger partial charge in [0, 0.05) is 25.2 Å². The molecule has 0 saturated carbocycles. The zero-order valence-electron chi connectivity index (χ0n) is 8.85. The molecule has 7 heteroatoms. The molecule has 0 aliphatic rings. The molecular formula is C10H11ClN2O4. The fraction of sp³-hybridized carbons (Fsp3) is 0.300. The van der Waals surface area contributed by atoms with Crippen molar-refractivity contribution in [1.82, 2.24) is 0 Å². The molecule has 0 aliphatic heterocycles. The van der Waals surface area contributed by atoms with Crippen LogP contribution in [-0.2, 0) is 4.79 Å². The van der Waals surface area contributed by atoms with E-state index in [4.69, 9.17) is 16.7 Å². The van der Waals surface area contributed by atoms with Gasteiger partial charge in [0.15, 0.2) is 0 Å². The number of hydrogen-bond donors (Lipinski definition) is 2. The van der Waals surface area contributed by atoms with Crippen LogP contribution in [-0.4, -0.2) is 22.5 Å². The van der Waals surface area contributed by atoms with Crippen molar-refractivity contribution >= 4 is 28.9 Å². The molecule has 1 aromatic rings. The maximum absolute atomic E-state index is 11.3. The lowest BCUT2D eigenvalue weighted by Gasteiger charge is -2.06. The third kappa shape index (κ3) is 4.01. The fourth-order valence-corrected chi connectivity index (χ4v) is 1.39. The molecule has 1 aromatic carbocycles. The summed E-state index contributed by atoms with van der Waals surface area (Å²) in [5.41, 5.74) is 0.184. The van der Waals surface area contributed by atoms with Crippen LogP contribution in [0.1, 0.15) is 12.8 Å². The number of nitrogens with one attached hydrogen (secondary N) is 1. The molecule has 0 radical (unpaired) electrons. The minimum absolute atomic E-state index is 0.0680. The predicted molar refractivity (Wildman–Crippen MR) is 63.1 cm³/mol. The third-order valence-electron chi connectivity index (χ3n) is 2.00. The molecule has 6 nitrogen and oxygen atoms in total. The first-order valence-electron chi connectivity index (χ1n) is 4.89. The van der Waals surface area contributed by atoms with Crippen LogP contribution in [0.15, 0.2) is 18.2 Å². The number of hydrogen-bond acceptors (Lipinski definition) is 4. The first-order valence-corrected chi connectivity index (χ1v) is 5.27. The van der Waals surface area contributed by atoms with E-state index in [1.54, 1.807) is 0 Å². The molecular weight excluding hydrogens is 248 g/mol. The van der Waals surface area contributed by atoms with Gasteiger partial charge in [-0.1, -0.05) is 11.6 Å². The lowest BCUT2D eigenvalue weighted by Crippen LogP contribution is -2.12. The zero-order valence-corrected chi connectivity index (χ0v) is 9.61. The van der Waals surface area contributed by atoms with Crippen molar-refractivity contribution in [3.05, 3.63) is 33.3 Å². The summed E-state index contributed by atoms with van der Waals surface area (Å²) in [4.78, 5) is 21.2. The Labute approximate surface area is 102 Å². The second-order valence-corrected chi connectivity index (χ2v) is 3.70. The van der Waals surface area contributed by atoms with Gasteiger partial charge in [0.2, 0.25) is 5.91 Å². The molecule has 0 bridgehead atoms. The van der Waals surface area contributed by atoms with E-state index in [-0.39, 0.29) is 29.6 Å². The van der Waals surface area contributed by atoms with E-state index in [0.29, 0.717) is 12.1 Å². The molecule has 0 aromatic heterocycles. The van der Waals surface area contributed by atoms with Gasteiger partial charge in [-0.15, -0.1) is 0 Å². The molecule has 1 amide bonds. The number of carbonyl (C=O) groups is 1. The van der Waals surface area contributed by atoms with Crippen LogP contribution in [0.3, 0.4) is 0 Å². The number of anilines is 1. The molecule has 1 rings (SSSR count). The average Bonchev–Trinajstić information content (AvgIpc) is 2.28. The summed E-state index contributed by atoms with van der Waals surface area (Å²) in [6.07, 6.45) is 0.528.